The molecule has 0 aromatic heterocycles. The number of nitrogens with zero attached hydrogens (tertiary/aromatic N) is 1. The van der Waals surface area contributed by atoms with Crippen molar-refractivity contribution in [3.63, 3.8) is 0 Å². The topological polar surface area (TPSA) is 58.6 Å². The van der Waals surface area contributed by atoms with Crippen molar-refractivity contribution >= 4 is 10.0 Å². The smallest absolute Gasteiger partial charge is 0.213 e. The molecule has 1 fully saturated rings. The van der Waals surface area contributed by atoms with Crippen molar-refractivity contribution in [3.8, 4) is 0 Å². The lowest BCUT2D eigenvalue weighted by Crippen LogP contribution is -2.34. The van der Waals surface area contributed by atoms with Gasteiger partial charge in [-0.05, 0) is 45.2 Å². The van der Waals surface area contributed by atoms with Crippen LogP contribution in [-0.4, -0.2) is 58.4 Å². The van der Waals surface area contributed by atoms with Crippen LogP contribution in [0.4, 0.5) is 0 Å². The van der Waals surface area contributed by atoms with Crippen molar-refractivity contribution in [3.05, 3.63) is 0 Å². The third-order valence-corrected chi connectivity index (χ3v) is 5.36. The van der Waals surface area contributed by atoms with Gasteiger partial charge in [0.1, 0.15) is 0 Å². The normalized spacial score (nSPS) is 18.4. The fraction of sp³-hybridized carbons (Fsp3) is 1.00. The maximum atomic E-state index is 12.0. The van der Waals surface area contributed by atoms with Gasteiger partial charge in [-0.15, -0.1) is 0 Å². The summed E-state index contributed by atoms with van der Waals surface area (Å²) < 4.78 is 30.6. The van der Waals surface area contributed by atoms with E-state index < -0.39 is 10.0 Å². The number of ether oxygens (including phenoxy) is 1. The highest BCUT2D eigenvalue weighted by molar-refractivity contribution is 7.89. The number of likely N-dealkylation sites (N-methyl/N-ethyl adjacent to an activating group) is 1. The molecule has 108 valence electrons. The Morgan fingerprint density at radius 1 is 1.33 bits per heavy atom. The molecule has 0 atom stereocenters. The maximum absolute atomic E-state index is 12.0. The van der Waals surface area contributed by atoms with Gasteiger partial charge in [0.15, 0.2) is 0 Å². The van der Waals surface area contributed by atoms with Crippen LogP contribution in [0.15, 0.2) is 0 Å². The summed E-state index contributed by atoms with van der Waals surface area (Å²) in [5.41, 5.74) is 0. The molecule has 0 radical (unpaired) electrons. The van der Waals surface area contributed by atoms with Crippen LogP contribution < -0.4 is 5.32 Å². The minimum absolute atomic E-state index is 0.264. The van der Waals surface area contributed by atoms with Crippen LogP contribution in [0.1, 0.15) is 26.2 Å². The van der Waals surface area contributed by atoms with Crippen LogP contribution in [0.2, 0.25) is 0 Å². The molecule has 1 N–H and O–H groups in total. The Hall–Kier alpha value is -0.170. The highest BCUT2D eigenvalue weighted by Gasteiger charge is 2.21. The Morgan fingerprint density at radius 3 is 2.61 bits per heavy atom. The molecule has 1 saturated heterocycles. The van der Waals surface area contributed by atoms with Crippen LogP contribution in [0.3, 0.4) is 0 Å². The summed E-state index contributed by atoms with van der Waals surface area (Å²) in [4.78, 5) is 0. The maximum Gasteiger partial charge on any atom is 0.213 e. The van der Waals surface area contributed by atoms with Gasteiger partial charge in [0.2, 0.25) is 10.0 Å². The van der Waals surface area contributed by atoms with Crippen molar-refractivity contribution < 1.29 is 13.2 Å². The van der Waals surface area contributed by atoms with E-state index in [1.54, 1.807) is 7.05 Å². The van der Waals surface area contributed by atoms with E-state index in [0.29, 0.717) is 25.7 Å². The zero-order valence-electron chi connectivity index (χ0n) is 11.5. The first-order valence-corrected chi connectivity index (χ1v) is 8.39. The molecule has 18 heavy (non-hydrogen) atoms. The zero-order valence-corrected chi connectivity index (χ0v) is 12.3. The van der Waals surface area contributed by atoms with Gasteiger partial charge in [0.25, 0.3) is 0 Å². The first-order chi connectivity index (χ1) is 8.56. The fourth-order valence-electron chi connectivity index (χ4n) is 2.12. The van der Waals surface area contributed by atoms with Crippen molar-refractivity contribution in [2.24, 2.45) is 5.92 Å². The van der Waals surface area contributed by atoms with Crippen LogP contribution in [-0.2, 0) is 14.8 Å². The van der Waals surface area contributed by atoms with E-state index >= 15 is 0 Å². The monoisotopic (exact) mass is 278 g/mol. The quantitative estimate of drug-likeness (QED) is 0.663. The van der Waals surface area contributed by atoms with Gasteiger partial charge in [-0.2, -0.15) is 0 Å². The molecule has 5 nitrogen and oxygen atoms in total. The summed E-state index contributed by atoms with van der Waals surface area (Å²) in [7, 11) is -1.47. The van der Waals surface area contributed by atoms with Gasteiger partial charge in [0, 0.05) is 20.2 Å². The zero-order chi connectivity index (χ0) is 13.4. The summed E-state index contributed by atoms with van der Waals surface area (Å²) in [6.07, 6.45) is 2.97. The minimum atomic E-state index is -3.11. The predicted molar refractivity (Wildman–Crippen MR) is 73.1 cm³/mol. The van der Waals surface area contributed by atoms with Crippen LogP contribution in [0, 0.1) is 5.92 Å². The first-order valence-electron chi connectivity index (χ1n) is 6.78. The van der Waals surface area contributed by atoms with E-state index in [4.69, 9.17) is 4.74 Å². The number of hydrogen-bond acceptors (Lipinski definition) is 4. The molecule has 0 spiro atoms. The molecule has 1 aliphatic heterocycles. The standard InChI is InChI=1S/C12H26N2O3S/c1-3-17-10-9-14(2)18(15,16)11-6-12-4-7-13-8-5-12/h12-13H,3-11H2,1-2H3. The Morgan fingerprint density at radius 2 is 2.00 bits per heavy atom. The van der Waals surface area contributed by atoms with Crippen LogP contribution >= 0.6 is 0 Å². The fourth-order valence-corrected chi connectivity index (χ4v) is 3.41. The number of piperidine rings is 1. The summed E-state index contributed by atoms with van der Waals surface area (Å²) in [6.45, 7) is 5.49. The Bertz CT molecular complexity index is 313. The summed E-state index contributed by atoms with van der Waals surface area (Å²) in [5, 5.41) is 3.29. The molecule has 1 aliphatic rings. The molecule has 0 saturated carbocycles. The predicted octanol–water partition coefficient (Wildman–Crippen LogP) is 0.674. The van der Waals surface area contributed by atoms with Gasteiger partial charge >= 0.3 is 0 Å². The second-order valence-electron chi connectivity index (χ2n) is 4.82. The van der Waals surface area contributed by atoms with Crippen molar-refractivity contribution in [1.82, 2.24) is 9.62 Å². The number of hydrogen-bond donors (Lipinski definition) is 1. The third kappa shape index (κ3) is 5.65. The molecule has 0 amide bonds. The highest BCUT2D eigenvalue weighted by atomic mass is 32.2. The molecule has 0 bridgehead atoms. The van der Waals surface area contributed by atoms with Crippen molar-refractivity contribution in [2.45, 2.75) is 26.2 Å². The molecule has 1 heterocycles. The van der Waals surface area contributed by atoms with Crippen molar-refractivity contribution in [1.29, 1.82) is 0 Å². The lowest BCUT2D eigenvalue weighted by molar-refractivity contribution is 0.138. The Balaban J connectivity index is 2.28. The van der Waals surface area contributed by atoms with Crippen LogP contribution in [0.5, 0.6) is 0 Å². The van der Waals surface area contributed by atoms with Gasteiger partial charge in [0.05, 0.1) is 12.4 Å². The van der Waals surface area contributed by atoms with E-state index in [1.807, 2.05) is 6.92 Å². The van der Waals surface area contributed by atoms with Crippen molar-refractivity contribution in [2.75, 3.05) is 45.6 Å². The lowest BCUT2D eigenvalue weighted by atomic mass is 9.96. The molecule has 0 aromatic carbocycles. The Labute approximate surface area is 111 Å². The second kappa shape index (κ2) is 8.09. The first kappa shape index (κ1) is 15.9. The molecular weight excluding hydrogens is 252 g/mol. The third-order valence-electron chi connectivity index (χ3n) is 3.47. The van der Waals surface area contributed by atoms with Gasteiger partial charge < -0.3 is 10.1 Å². The molecule has 0 unspecified atom stereocenters. The van der Waals surface area contributed by atoms with E-state index in [0.717, 1.165) is 32.4 Å². The van der Waals surface area contributed by atoms with E-state index in [1.165, 1.54) is 4.31 Å². The van der Waals surface area contributed by atoms with E-state index in [2.05, 4.69) is 5.32 Å². The minimum Gasteiger partial charge on any atom is -0.380 e. The van der Waals surface area contributed by atoms with E-state index in [-0.39, 0.29) is 5.75 Å². The molecular formula is C12H26N2O3S. The SMILES string of the molecule is CCOCCN(C)S(=O)(=O)CCC1CCNCC1. The van der Waals surface area contributed by atoms with Gasteiger partial charge in [-0.25, -0.2) is 12.7 Å². The largest absolute Gasteiger partial charge is 0.380 e. The average molecular weight is 278 g/mol. The number of nitrogens with one attached hydrogen (secondary N) is 1. The summed E-state index contributed by atoms with van der Waals surface area (Å²) in [5.74, 6) is 0.821. The molecule has 0 aliphatic carbocycles. The second-order valence-corrected chi connectivity index (χ2v) is 7.01. The van der Waals surface area contributed by atoms with E-state index in [9.17, 15) is 8.42 Å². The van der Waals surface area contributed by atoms with Gasteiger partial charge in [-0.3, -0.25) is 0 Å². The Kier molecular flexibility index (Phi) is 7.14. The van der Waals surface area contributed by atoms with Crippen LogP contribution in [0.25, 0.3) is 0 Å². The highest BCUT2D eigenvalue weighted by Crippen LogP contribution is 2.17. The van der Waals surface area contributed by atoms with Gasteiger partial charge in [-0.1, -0.05) is 0 Å². The molecule has 6 heteroatoms. The number of sulfonamides is 1. The number of rotatable bonds is 8. The summed E-state index contributed by atoms with van der Waals surface area (Å²) in [6, 6.07) is 0. The molecule has 0 aromatic rings. The summed E-state index contributed by atoms with van der Waals surface area (Å²) >= 11 is 0. The molecule has 1 rings (SSSR count). The average Bonchev–Trinajstić information content (AvgIpc) is 2.38. The lowest BCUT2D eigenvalue weighted by Gasteiger charge is -2.23.